The molecule has 0 aliphatic rings. The first kappa shape index (κ1) is 12.3. The Bertz CT molecular complexity index is 779. The summed E-state index contributed by atoms with van der Waals surface area (Å²) >= 11 is 7.23. The average Bonchev–Trinajstić information content (AvgIpc) is 2.80. The molecule has 0 atom stereocenters. The molecule has 0 saturated carbocycles. The third-order valence-electron chi connectivity index (χ3n) is 2.79. The molecule has 0 fully saturated rings. The van der Waals surface area contributed by atoms with Crippen molar-refractivity contribution >= 4 is 38.8 Å². The van der Waals surface area contributed by atoms with Crippen molar-refractivity contribution in [3.8, 4) is 0 Å². The van der Waals surface area contributed by atoms with Gasteiger partial charge in [-0.3, -0.25) is 4.79 Å². The number of ketones is 1. The predicted octanol–water partition coefficient (Wildman–Crippen LogP) is 4.92. The zero-order valence-electron chi connectivity index (χ0n) is 9.69. The van der Waals surface area contributed by atoms with Gasteiger partial charge in [-0.25, -0.2) is 4.39 Å². The van der Waals surface area contributed by atoms with Gasteiger partial charge in [0, 0.05) is 15.3 Å². The molecule has 1 heterocycles. The van der Waals surface area contributed by atoms with Crippen molar-refractivity contribution in [3.05, 3.63) is 69.8 Å². The van der Waals surface area contributed by atoms with E-state index in [4.69, 9.17) is 11.6 Å². The van der Waals surface area contributed by atoms with Gasteiger partial charge in [-0.05, 0) is 41.8 Å². The maximum atomic E-state index is 13.1. The zero-order chi connectivity index (χ0) is 13.4. The Kier molecular flexibility index (Phi) is 3.09. The zero-order valence-corrected chi connectivity index (χ0v) is 11.3. The summed E-state index contributed by atoms with van der Waals surface area (Å²) in [6.07, 6.45) is 0. The van der Waals surface area contributed by atoms with Crippen molar-refractivity contribution in [3.63, 3.8) is 0 Å². The summed E-state index contributed by atoms with van der Waals surface area (Å²) in [6, 6.07) is 13.0. The van der Waals surface area contributed by atoms with Gasteiger partial charge >= 0.3 is 0 Å². The van der Waals surface area contributed by atoms with E-state index in [2.05, 4.69) is 0 Å². The molecule has 1 nitrogen and oxygen atoms in total. The second kappa shape index (κ2) is 4.76. The fourth-order valence-electron chi connectivity index (χ4n) is 1.90. The quantitative estimate of drug-likeness (QED) is 0.612. The molecule has 19 heavy (non-hydrogen) atoms. The summed E-state index contributed by atoms with van der Waals surface area (Å²) in [6.45, 7) is 0. The van der Waals surface area contributed by atoms with Crippen molar-refractivity contribution in [2.24, 2.45) is 0 Å². The number of hydrogen-bond acceptors (Lipinski definition) is 2. The van der Waals surface area contributed by atoms with E-state index in [1.165, 1.54) is 23.5 Å². The minimum Gasteiger partial charge on any atom is -0.288 e. The molecule has 0 aliphatic carbocycles. The summed E-state index contributed by atoms with van der Waals surface area (Å²) in [7, 11) is 0. The highest BCUT2D eigenvalue weighted by atomic mass is 35.5. The fraction of sp³-hybridized carbons (Fsp3) is 0. The molecule has 3 rings (SSSR count). The van der Waals surface area contributed by atoms with Crippen molar-refractivity contribution in [2.45, 2.75) is 0 Å². The van der Waals surface area contributed by atoms with Crippen LogP contribution in [0.3, 0.4) is 0 Å². The number of fused-ring (bicyclic) bond motifs is 1. The van der Waals surface area contributed by atoms with E-state index in [1.807, 2.05) is 0 Å². The first-order valence-electron chi connectivity index (χ1n) is 5.63. The van der Waals surface area contributed by atoms with E-state index >= 15 is 0 Å². The summed E-state index contributed by atoms with van der Waals surface area (Å²) < 4.78 is 14.0. The molecule has 0 radical (unpaired) electrons. The number of thiophene rings is 1. The molecule has 0 unspecified atom stereocenters. The van der Waals surface area contributed by atoms with Gasteiger partial charge in [0.05, 0.1) is 4.88 Å². The first-order valence-corrected chi connectivity index (χ1v) is 6.82. The summed E-state index contributed by atoms with van der Waals surface area (Å²) in [4.78, 5) is 12.9. The van der Waals surface area contributed by atoms with Gasteiger partial charge in [0.2, 0.25) is 5.78 Å². The normalized spacial score (nSPS) is 10.8. The number of benzene rings is 2. The summed E-state index contributed by atoms with van der Waals surface area (Å²) in [5.74, 6) is -0.392. The second-order valence-electron chi connectivity index (χ2n) is 4.13. The van der Waals surface area contributed by atoms with Crippen molar-refractivity contribution in [2.75, 3.05) is 0 Å². The monoisotopic (exact) mass is 290 g/mol. The first-order chi connectivity index (χ1) is 9.13. The Labute approximate surface area is 118 Å². The van der Waals surface area contributed by atoms with Crippen LogP contribution in [0.15, 0.2) is 48.5 Å². The van der Waals surface area contributed by atoms with E-state index in [-0.39, 0.29) is 11.6 Å². The van der Waals surface area contributed by atoms with Crippen LogP contribution in [0.4, 0.5) is 4.39 Å². The molecule has 4 heteroatoms. The third kappa shape index (κ3) is 2.39. The molecule has 0 aliphatic heterocycles. The predicted molar refractivity (Wildman–Crippen MR) is 76.7 cm³/mol. The highest BCUT2D eigenvalue weighted by molar-refractivity contribution is 7.21. The highest BCUT2D eigenvalue weighted by Crippen LogP contribution is 2.28. The van der Waals surface area contributed by atoms with E-state index in [0.29, 0.717) is 15.5 Å². The van der Waals surface area contributed by atoms with Crippen LogP contribution in [0, 0.1) is 5.82 Å². The van der Waals surface area contributed by atoms with E-state index < -0.39 is 0 Å². The SMILES string of the molecule is O=C(c1cccc(Cl)c1)c1cc2cc(F)ccc2s1. The van der Waals surface area contributed by atoms with Gasteiger partial charge in [0.1, 0.15) is 5.82 Å². The second-order valence-corrected chi connectivity index (χ2v) is 5.65. The van der Waals surface area contributed by atoms with Crippen LogP contribution in [0.25, 0.3) is 10.1 Å². The van der Waals surface area contributed by atoms with Gasteiger partial charge in [0.15, 0.2) is 0 Å². The van der Waals surface area contributed by atoms with Gasteiger partial charge in [-0.1, -0.05) is 23.7 Å². The van der Waals surface area contributed by atoms with Crippen LogP contribution in [-0.4, -0.2) is 5.78 Å². The number of hydrogen-bond donors (Lipinski definition) is 0. The summed E-state index contributed by atoms with van der Waals surface area (Å²) in [5.41, 5.74) is 0.541. The molecule has 0 bridgehead atoms. The van der Waals surface area contributed by atoms with Crippen LogP contribution in [-0.2, 0) is 0 Å². The number of halogens is 2. The molecule has 3 aromatic rings. The Morgan fingerprint density at radius 2 is 1.95 bits per heavy atom. The minimum atomic E-state index is -0.299. The van der Waals surface area contributed by atoms with Gasteiger partial charge in [-0.15, -0.1) is 11.3 Å². The lowest BCUT2D eigenvalue weighted by Crippen LogP contribution is -1.97. The van der Waals surface area contributed by atoms with Gasteiger partial charge in [0.25, 0.3) is 0 Å². The Balaban J connectivity index is 2.06. The third-order valence-corrected chi connectivity index (χ3v) is 4.14. The van der Waals surface area contributed by atoms with Crippen molar-refractivity contribution in [1.29, 1.82) is 0 Å². The minimum absolute atomic E-state index is 0.0934. The lowest BCUT2D eigenvalue weighted by atomic mass is 10.1. The summed E-state index contributed by atoms with van der Waals surface area (Å²) in [5, 5.41) is 1.27. The molecular weight excluding hydrogens is 283 g/mol. The van der Waals surface area contributed by atoms with Gasteiger partial charge < -0.3 is 0 Å². The Hall–Kier alpha value is -1.71. The maximum absolute atomic E-state index is 13.1. The lowest BCUT2D eigenvalue weighted by molar-refractivity contribution is 0.104. The Morgan fingerprint density at radius 3 is 2.74 bits per heavy atom. The topological polar surface area (TPSA) is 17.1 Å². The molecule has 0 N–H and O–H groups in total. The lowest BCUT2D eigenvalue weighted by Gasteiger charge is -1.97. The number of carbonyl (C=O) groups excluding carboxylic acids is 1. The van der Waals surface area contributed by atoms with Crippen LogP contribution in [0.1, 0.15) is 15.2 Å². The smallest absolute Gasteiger partial charge is 0.203 e. The largest absolute Gasteiger partial charge is 0.288 e. The molecule has 94 valence electrons. The van der Waals surface area contributed by atoms with Crippen LogP contribution >= 0.6 is 22.9 Å². The van der Waals surface area contributed by atoms with E-state index in [9.17, 15) is 9.18 Å². The molecule has 0 spiro atoms. The van der Waals surface area contributed by atoms with Gasteiger partial charge in [-0.2, -0.15) is 0 Å². The Morgan fingerprint density at radius 1 is 1.11 bits per heavy atom. The van der Waals surface area contributed by atoms with Crippen LogP contribution in [0.5, 0.6) is 0 Å². The average molecular weight is 291 g/mol. The van der Waals surface area contributed by atoms with Crippen molar-refractivity contribution < 1.29 is 9.18 Å². The molecule has 2 aromatic carbocycles. The van der Waals surface area contributed by atoms with Crippen LogP contribution < -0.4 is 0 Å². The molecular formula is C15H8ClFOS. The number of rotatable bonds is 2. The maximum Gasteiger partial charge on any atom is 0.203 e. The molecule has 1 aromatic heterocycles. The number of carbonyl (C=O) groups is 1. The standard InChI is InChI=1S/C15H8ClFOS/c16-11-3-1-2-9(6-11)15(18)14-8-10-7-12(17)4-5-13(10)19-14/h1-8H. The highest BCUT2D eigenvalue weighted by Gasteiger charge is 2.13. The van der Waals surface area contributed by atoms with E-state index in [0.717, 1.165) is 10.1 Å². The molecule has 0 amide bonds. The molecule has 0 saturated heterocycles. The van der Waals surface area contributed by atoms with E-state index in [1.54, 1.807) is 36.4 Å². The van der Waals surface area contributed by atoms with Crippen molar-refractivity contribution in [1.82, 2.24) is 0 Å². The fourth-order valence-corrected chi connectivity index (χ4v) is 3.09. The van der Waals surface area contributed by atoms with Crippen LogP contribution in [0.2, 0.25) is 5.02 Å².